The van der Waals surface area contributed by atoms with Crippen LogP contribution in [0, 0.1) is 18.2 Å². The van der Waals surface area contributed by atoms with Gasteiger partial charge in [0.1, 0.15) is 11.9 Å². The molecule has 2 aliphatic rings. The molecule has 1 unspecified atom stereocenters. The standard InChI is InChI=1S/C26H25FN4O5S/c1-3-17-18(6-5-7-19(17)27)23-22(26(34)35-4-2)20(29-24(30-23)25-28-10-13-37-25)15-31-11-12-36-16(14-31)8-9-21(32)33/h1,5-10,13,16,23H,4,11-12,14-15H2,2H3,(H,29,30)(H,32,33)/b9-8+/t16-,23?/m1/s1. The first-order valence-corrected chi connectivity index (χ1v) is 12.4. The van der Waals surface area contributed by atoms with Gasteiger partial charge in [-0.15, -0.1) is 17.8 Å². The number of aliphatic imine (C=N–C) groups is 1. The highest BCUT2D eigenvalue weighted by Gasteiger charge is 2.35. The van der Waals surface area contributed by atoms with Gasteiger partial charge in [-0.2, -0.15) is 0 Å². The lowest BCUT2D eigenvalue weighted by Crippen LogP contribution is -2.46. The first-order valence-electron chi connectivity index (χ1n) is 11.6. The van der Waals surface area contributed by atoms with Crippen LogP contribution < -0.4 is 5.32 Å². The Labute approximate surface area is 217 Å². The number of hydrogen-bond donors (Lipinski definition) is 2. The van der Waals surface area contributed by atoms with E-state index in [1.54, 1.807) is 24.6 Å². The zero-order valence-corrected chi connectivity index (χ0v) is 20.8. The molecule has 11 heteroatoms. The number of amidine groups is 1. The number of nitrogens with one attached hydrogen (secondary N) is 1. The number of nitrogens with zero attached hydrogens (tertiary/aromatic N) is 3. The number of hydrogen-bond acceptors (Lipinski definition) is 9. The van der Waals surface area contributed by atoms with Crippen LogP contribution in [0.15, 0.2) is 58.2 Å². The summed E-state index contributed by atoms with van der Waals surface area (Å²) in [4.78, 5) is 35.3. The lowest BCUT2D eigenvalue weighted by atomic mass is 9.91. The number of rotatable bonds is 8. The Balaban J connectivity index is 1.78. The molecule has 2 aliphatic heterocycles. The molecule has 0 aliphatic carbocycles. The van der Waals surface area contributed by atoms with Gasteiger partial charge in [0.05, 0.1) is 30.5 Å². The Kier molecular flexibility index (Phi) is 8.45. The van der Waals surface area contributed by atoms with Crippen molar-refractivity contribution < 1.29 is 28.6 Å². The quantitative estimate of drug-likeness (QED) is 0.308. The van der Waals surface area contributed by atoms with Crippen LogP contribution in [-0.2, 0) is 19.1 Å². The summed E-state index contributed by atoms with van der Waals surface area (Å²) in [6, 6.07) is 3.50. The molecular weight excluding hydrogens is 499 g/mol. The highest BCUT2D eigenvalue weighted by Crippen LogP contribution is 2.35. The number of carbonyl (C=O) groups excluding carboxylic acids is 1. The van der Waals surface area contributed by atoms with Crippen molar-refractivity contribution in [3.63, 3.8) is 0 Å². The second-order valence-electron chi connectivity index (χ2n) is 8.15. The Morgan fingerprint density at radius 2 is 2.30 bits per heavy atom. The molecule has 9 nitrogen and oxygen atoms in total. The van der Waals surface area contributed by atoms with Crippen molar-refractivity contribution in [2.75, 3.05) is 32.8 Å². The fourth-order valence-electron chi connectivity index (χ4n) is 4.17. The molecule has 0 amide bonds. The number of benzene rings is 1. The maximum Gasteiger partial charge on any atom is 0.338 e. The molecule has 2 aromatic rings. The van der Waals surface area contributed by atoms with Crippen LogP contribution in [0.25, 0.3) is 0 Å². The summed E-state index contributed by atoms with van der Waals surface area (Å²) in [5, 5.41) is 14.6. The molecule has 192 valence electrons. The average molecular weight is 525 g/mol. The van der Waals surface area contributed by atoms with Gasteiger partial charge in [0.25, 0.3) is 0 Å². The maximum atomic E-state index is 14.7. The van der Waals surface area contributed by atoms with Crippen molar-refractivity contribution in [2.45, 2.75) is 19.1 Å². The summed E-state index contributed by atoms with van der Waals surface area (Å²) in [7, 11) is 0. The minimum atomic E-state index is -1.06. The number of carboxylic acids is 1. The molecule has 1 saturated heterocycles. The summed E-state index contributed by atoms with van der Waals surface area (Å²) >= 11 is 1.36. The molecule has 4 rings (SSSR count). The van der Waals surface area contributed by atoms with Crippen molar-refractivity contribution in [3.05, 3.63) is 75.1 Å². The monoisotopic (exact) mass is 524 g/mol. The van der Waals surface area contributed by atoms with Gasteiger partial charge in [0, 0.05) is 43.0 Å². The highest BCUT2D eigenvalue weighted by molar-refractivity contribution is 7.11. The number of morpholine rings is 1. The normalized spacial score (nSPS) is 20.3. The number of thiazole rings is 1. The summed E-state index contributed by atoms with van der Waals surface area (Å²) < 4.78 is 25.7. The number of ether oxygens (including phenoxy) is 2. The predicted octanol–water partition coefficient (Wildman–Crippen LogP) is 2.51. The second-order valence-corrected chi connectivity index (χ2v) is 9.04. The van der Waals surface area contributed by atoms with E-state index in [2.05, 4.69) is 16.2 Å². The lowest BCUT2D eigenvalue weighted by molar-refractivity contribution is -0.139. The van der Waals surface area contributed by atoms with Crippen LogP contribution in [0.1, 0.15) is 29.1 Å². The zero-order chi connectivity index (χ0) is 26.4. The van der Waals surface area contributed by atoms with E-state index in [0.717, 1.165) is 6.08 Å². The number of aromatic nitrogens is 1. The van der Waals surface area contributed by atoms with Crippen molar-refractivity contribution in [1.82, 2.24) is 15.2 Å². The SMILES string of the molecule is C#Cc1c(F)cccc1C1N=C(c2nccs2)NC(CN2CCO[C@H](/C=C/C(=O)O)C2)=C1C(=O)OCC. The van der Waals surface area contributed by atoms with Crippen molar-refractivity contribution in [3.8, 4) is 12.3 Å². The van der Waals surface area contributed by atoms with Gasteiger partial charge in [0.15, 0.2) is 10.8 Å². The number of esters is 1. The van der Waals surface area contributed by atoms with Crippen LogP contribution in [0.3, 0.4) is 0 Å². The Morgan fingerprint density at radius 3 is 3.00 bits per heavy atom. The van der Waals surface area contributed by atoms with Crippen molar-refractivity contribution in [1.29, 1.82) is 0 Å². The topological polar surface area (TPSA) is 113 Å². The van der Waals surface area contributed by atoms with Crippen LogP contribution in [0.5, 0.6) is 0 Å². The summed E-state index contributed by atoms with van der Waals surface area (Å²) in [5.41, 5.74) is 1.11. The number of carbonyl (C=O) groups is 2. The van der Waals surface area contributed by atoms with Crippen LogP contribution in [0.4, 0.5) is 4.39 Å². The maximum absolute atomic E-state index is 14.7. The minimum Gasteiger partial charge on any atom is -0.478 e. The van der Waals surface area contributed by atoms with Gasteiger partial charge in [-0.3, -0.25) is 9.89 Å². The Morgan fingerprint density at radius 1 is 1.46 bits per heavy atom. The predicted molar refractivity (Wildman–Crippen MR) is 135 cm³/mol. The molecule has 2 atom stereocenters. The zero-order valence-electron chi connectivity index (χ0n) is 20.0. The summed E-state index contributed by atoms with van der Waals surface area (Å²) in [6.07, 6.45) is 9.39. The largest absolute Gasteiger partial charge is 0.478 e. The first-order chi connectivity index (χ1) is 17.9. The van der Waals surface area contributed by atoms with Gasteiger partial charge in [-0.25, -0.2) is 19.0 Å². The molecular formula is C26H25FN4O5S. The fraction of sp³-hybridized carbons (Fsp3) is 0.308. The molecule has 1 aromatic carbocycles. The molecule has 1 fully saturated rings. The van der Waals surface area contributed by atoms with E-state index in [1.165, 1.54) is 29.5 Å². The molecule has 37 heavy (non-hydrogen) atoms. The summed E-state index contributed by atoms with van der Waals surface area (Å²) in [6.45, 7) is 3.42. The van der Waals surface area contributed by atoms with Crippen LogP contribution in [-0.4, -0.2) is 71.7 Å². The van der Waals surface area contributed by atoms with Gasteiger partial charge >= 0.3 is 11.9 Å². The van der Waals surface area contributed by atoms with E-state index in [1.807, 2.05) is 4.90 Å². The smallest absolute Gasteiger partial charge is 0.338 e. The third-order valence-electron chi connectivity index (χ3n) is 5.75. The van der Waals surface area contributed by atoms with E-state index in [4.69, 9.17) is 26.0 Å². The molecule has 0 bridgehead atoms. The third kappa shape index (κ3) is 6.11. The Bertz CT molecular complexity index is 1300. The molecule has 0 radical (unpaired) electrons. The number of terminal acetylenes is 1. The van der Waals surface area contributed by atoms with Crippen LogP contribution >= 0.6 is 11.3 Å². The van der Waals surface area contributed by atoms with E-state index in [-0.39, 0.29) is 24.3 Å². The summed E-state index contributed by atoms with van der Waals surface area (Å²) in [5.74, 6) is 0.568. The van der Waals surface area contributed by atoms with Crippen molar-refractivity contribution >= 4 is 29.1 Å². The van der Waals surface area contributed by atoms with E-state index < -0.39 is 29.9 Å². The van der Waals surface area contributed by atoms with Gasteiger partial charge in [0.2, 0.25) is 0 Å². The number of carboxylic acid groups (broad SMARTS) is 1. The lowest BCUT2D eigenvalue weighted by Gasteiger charge is -2.34. The Hall–Kier alpha value is -3.85. The second kappa shape index (κ2) is 11.9. The highest BCUT2D eigenvalue weighted by atomic mass is 32.1. The van der Waals surface area contributed by atoms with E-state index in [0.29, 0.717) is 41.8 Å². The average Bonchev–Trinajstić information content (AvgIpc) is 3.42. The van der Waals surface area contributed by atoms with Crippen LogP contribution in [0.2, 0.25) is 0 Å². The van der Waals surface area contributed by atoms with E-state index in [9.17, 15) is 14.0 Å². The first kappa shape index (κ1) is 26.2. The molecule has 1 aromatic heterocycles. The number of aliphatic carboxylic acids is 1. The number of halogens is 1. The molecule has 0 saturated carbocycles. The van der Waals surface area contributed by atoms with Gasteiger partial charge in [-0.05, 0) is 24.6 Å². The van der Waals surface area contributed by atoms with Gasteiger partial charge in [-0.1, -0.05) is 18.1 Å². The van der Waals surface area contributed by atoms with E-state index >= 15 is 0 Å². The third-order valence-corrected chi connectivity index (χ3v) is 6.53. The van der Waals surface area contributed by atoms with Gasteiger partial charge < -0.3 is 19.9 Å². The fourth-order valence-corrected chi connectivity index (χ4v) is 4.76. The van der Waals surface area contributed by atoms with Crippen molar-refractivity contribution in [2.24, 2.45) is 4.99 Å². The molecule has 0 spiro atoms. The minimum absolute atomic E-state index is 0.0167. The molecule has 2 N–H and O–H groups in total. The molecule has 3 heterocycles.